The normalized spacial score (nSPS) is 24.0. The van der Waals surface area contributed by atoms with Crippen molar-refractivity contribution in [2.24, 2.45) is 5.92 Å². The zero-order chi connectivity index (χ0) is 21.8. The molecule has 2 aromatic rings. The Morgan fingerprint density at radius 1 is 1.00 bits per heavy atom. The van der Waals surface area contributed by atoms with Gasteiger partial charge in [0.25, 0.3) is 0 Å². The average molecular weight is 433 g/mol. The fraction of sp³-hybridized carbons (Fsp3) is 0.556. The maximum Gasteiger partial charge on any atom is 0.0834 e. The summed E-state index contributed by atoms with van der Waals surface area (Å²) in [5, 5.41) is 3.98. The molecule has 5 nitrogen and oxygen atoms in total. The molecule has 0 spiro atoms. The lowest BCUT2D eigenvalue weighted by atomic mass is 9.88. The molecule has 1 aliphatic carbocycles. The summed E-state index contributed by atoms with van der Waals surface area (Å²) in [4.78, 5) is 4.88. The number of anilines is 2. The lowest BCUT2D eigenvalue weighted by molar-refractivity contribution is 0.00865. The van der Waals surface area contributed by atoms with Crippen molar-refractivity contribution in [3.05, 3.63) is 57.6 Å². The van der Waals surface area contributed by atoms with E-state index in [1.54, 1.807) is 5.56 Å². The van der Waals surface area contributed by atoms with Crippen LogP contribution in [0.25, 0.3) is 0 Å². The maximum absolute atomic E-state index is 6.41. The van der Waals surface area contributed by atoms with Gasteiger partial charge in [0.05, 0.1) is 19.4 Å². The molecule has 1 atom stereocenters. The summed E-state index contributed by atoms with van der Waals surface area (Å²) in [6.07, 6.45) is 6.49. The third kappa shape index (κ3) is 3.91. The number of nitrogens with one attached hydrogen (secondary N) is 1. The highest BCUT2D eigenvalue weighted by Crippen LogP contribution is 2.38. The van der Waals surface area contributed by atoms with Crippen LogP contribution < -0.4 is 11.1 Å². The van der Waals surface area contributed by atoms with Crippen molar-refractivity contribution in [3.63, 3.8) is 0 Å². The molecule has 32 heavy (non-hydrogen) atoms. The van der Waals surface area contributed by atoms with E-state index in [9.17, 15) is 0 Å². The van der Waals surface area contributed by atoms with E-state index in [1.165, 1.54) is 65.7 Å². The van der Waals surface area contributed by atoms with E-state index in [4.69, 9.17) is 10.5 Å². The largest absolute Gasteiger partial charge is 0.398 e. The summed E-state index contributed by atoms with van der Waals surface area (Å²) in [7, 11) is 4.47. The van der Waals surface area contributed by atoms with Crippen LogP contribution in [0.5, 0.6) is 0 Å². The molecule has 1 saturated heterocycles. The molecule has 6 rings (SSSR count). The zero-order valence-electron chi connectivity index (χ0n) is 19.5. The van der Waals surface area contributed by atoms with Crippen molar-refractivity contribution in [2.75, 3.05) is 44.9 Å². The van der Waals surface area contributed by atoms with Gasteiger partial charge in [-0.05, 0) is 91.2 Å². The van der Waals surface area contributed by atoms with Gasteiger partial charge in [0.15, 0.2) is 0 Å². The second kappa shape index (κ2) is 8.05. The molecule has 1 saturated carbocycles. The van der Waals surface area contributed by atoms with Gasteiger partial charge in [0.1, 0.15) is 0 Å². The second-order valence-corrected chi connectivity index (χ2v) is 10.7. The van der Waals surface area contributed by atoms with Gasteiger partial charge in [-0.3, -0.25) is 4.90 Å². The number of rotatable bonds is 5. The fourth-order valence-corrected chi connectivity index (χ4v) is 5.65. The van der Waals surface area contributed by atoms with Crippen LogP contribution in [-0.2, 0) is 37.1 Å². The summed E-state index contributed by atoms with van der Waals surface area (Å²) in [5.74, 6) is 1.36. The Kier molecular flexibility index (Phi) is 5.16. The Labute approximate surface area is 191 Å². The van der Waals surface area contributed by atoms with Crippen LogP contribution in [-0.4, -0.2) is 49.8 Å². The first-order valence-electron chi connectivity index (χ1n) is 12.3. The molecular weight excluding hydrogens is 396 g/mol. The molecule has 1 unspecified atom stereocenters. The zero-order valence-corrected chi connectivity index (χ0v) is 19.5. The Hall–Kier alpha value is -2.08. The van der Waals surface area contributed by atoms with Crippen LogP contribution in [0.2, 0.25) is 0 Å². The summed E-state index contributed by atoms with van der Waals surface area (Å²) >= 11 is 0. The molecule has 2 fully saturated rings. The number of nitrogen functional groups attached to an aromatic ring is 1. The number of fused-ring (bicyclic) bond motifs is 2. The Morgan fingerprint density at radius 3 is 2.56 bits per heavy atom. The Morgan fingerprint density at radius 2 is 1.81 bits per heavy atom. The topological polar surface area (TPSA) is 53.8 Å². The highest BCUT2D eigenvalue weighted by molar-refractivity contribution is 5.59. The van der Waals surface area contributed by atoms with Gasteiger partial charge in [0.2, 0.25) is 0 Å². The van der Waals surface area contributed by atoms with Crippen LogP contribution >= 0.6 is 0 Å². The highest BCUT2D eigenvalue weighted by atomic mass is 16.5. The minimum absolute atomic E-state index is 0.300. The molecule has 0 amide bonds. The summed E-state index contributed by atoms with van der Waals surface area (Å²) in [6.45, 7) is 4.77. The summed E-state index contributed by atoms with van der Waals surface area (Å²) < 4.78 is 5.43. The van der Waals surface area contributed by atoms with E-state index in [1.807, 2.05) is 0 Å². The van der Waals surface area contributed by atoms with Gasteiger partial charge in [-0.15, -0.1) is 0 Å². The molecule has 0 radical (unpaired) electrons. The molecule has 0 aromatic heterocycles. The lowest BCUT2D eigenvalue weighted by Gasteiger charge is -2.37. The quantitative estimate of drug-likeness (QED) is 0.705. The number of likely N-dealkylation sites (N-methyl/N-ethyl adjacent to an activating group) is 2. The van der Waals surface area contributed by atoms with Crippen LogP contribution in [0, 0.1) is 5.92 Å². The third-order valence-corrected chi connectivity index (χ3v) is 8.00. The number of benzene rings is 2. The minimum Gasteiger partial charge on any atom is -0.398 e. The molecule has 3 heterocycles. The van der Waals surface area contributed by atoms with Gasteiger partial charge in [-0.1, -0.05) is 12.1 Å². The monoisotopic (exact) mass is 432 g/mol. The van der Waals surface area contributed by atoms with Crippen LogP contribution in [0.1, 0.15) is 52.1 Å². The number of ether oxygens (including phenoxy) is 1. The van der Waals surface area contributed by atoms with E-state index < -0.39 is 0 Å². The Balaban J connectivity index is 1.28. The number of hydrogen-bond donors (Lipinski definition) is 2. The van der Waals surface area contributed by atoms with Gasteiger partial charge in [-0.2, -0.15) is 0 Å². The molecule has 0 bridgehead atoms. The molecule has 3 aliphatic heterocycles. The number of hydrogen-bond acceptors (Lipinski definition) is 5. The van der Waals surface area contributed by atoms with E-state index in [0.717, 1.165) is 44.3 Å². The predicted molar refractivity (Wildman–Crippen MR) is 130 cm³/mol. The SMILES string of the molecule is CN1CCc2cc(CC3CC3)c(NC3Cc4cc(C5COC5)c(N)cc4CN3C)cc2C1. The fourth-order valence-electron chi connectivity index (χ4n) is 5.65. The first-order valence-corrected chi connectivity index (χ1v) is 12.3. The second-order valence-electron chi connectivity index (χ2n) is 10.7. The van der Waals surface area contributed by atoms with Crippen molar-refractivity contribution in [1.82, 2.24) is 9.80 Å². The molecule has 5 heteroatoms. The lowest BCUT2D eigenvalue weighted by Crippen LogP contribution is -2.43. The predicted octanol–water partition coefficient (Wildman–Crippen LogP) is 3.75. The van der Waals surface area contributed by atoms with Crippen LogP contribution in [0.4, 0.5) is 11.4 Å². The first kappa shape index (κ1) is 20.5. The first-order chi connectivity index (χ1) is 15.5. The van der Waals surface area contributed by atoms with Crippen LogP contribution in [0.15, 0.2) is 24.3 Å². The maximum atomic E-state index is 6.41. The third-order valence-electron chi connectivity index (χ3n) is 8.00. The molecule has 3 N–H and O–H groups in total. The minimum atomic E-state index is 0.300. The van der Waals surface area contributed by atoms with Gasteiger partial charge in [-0.25, -0.2) is 0 Å². The summed E-state index contributed by atoms with van der Waals surface area (Å²) in [5.41, 5.74) is 17.4. The number of nitrogens with zero attached hydrogens (tertiary/aromatic N) is 2. The summed E-state index contributed by atoms with van der Waals surface area (Å²) in [6, 6.07) is 9.57. The standard InChI is InChI=1S/C27H36N4O/c1-30-6-5-18-8-20(7-17-3-4-17)26(11-22(18)13-30)29-27-12-19-9-24(23-15-32-16-23)25(28)10-21(19)14-31(27)2/h8-11,17,23,27,29H,3-7,12-16,28H2,1-2H3. The van der Waals surface area contributed by atoms with Crippen molar-refractivity contribution < 1.29 is 4.74 Å². The van der Waals surface area contributed by atoms with E-state index in [2.05, 4.69) is 53.5 Å². The average Bonchev–Trinajstić information content (AvgIpc) is 3.53. The molecular formula is C27H36N4O. The number of nitrogens with two attached hydrogens (primary N) is 1. The molecule has 2 aromatic carbocycles. The molecule has 170 valence electrons. The highest BCUT2D eigenvalue weighted by Gasteiger charge is 2.30. The van der Waals surface area contributed by atoms with Gasteiger partial charge >= 0.3 is 0 Å². The Bertz CT molecular complexity index is 1030. The van der Waals surface area contributed by atoms with E-state index >= 15 is 0 Å². The van der Waals surface area contributed by atoms with Crippen molar-refractivity contribution in [2.45, 2.75) is 57.3 Å². The van der Waals surface area contributed by atoms with Crippen molar-refractivity contribution >= 4 is 11.4 Å². The van der Waals surface area contributed by atoms with E-state index in [0.29, 0.717) is 12.1 Å². The molecule has 4 aliphatic rings. The van der Waals surface area contributed by atoms with Crippen molar-refractivity contribution in [1.29, 1.82) is 0 Å². The van der Waals surface area contributed by atoms with Crippen molar-refractivity contribution in [3.8, 4) is 0 Å². The van der Waals surface area contributed by atoms with E-state index in [-0.39, 0.29) is 0 Å². The smallest absolute Gasteiger partial charge is 0.0834 e. The van der Waals surface area contributed by atoms with Gasteiger partial charge < -0.3 is 20.7 Å². The van der Waals surface area contributed by atoms with Gasteiger partial charge in [0, 0.05) is 43.3 Å². The van der Waals surface area contributed by atoms with Crippen LogP contribution in [0.3, 0.4) is 0 Å².